The van der Waals surface area contributed by atoms with E-state index in [1.54, 1.807) is 32.0 Å². The predicted octanol–water partition coefficient (Wildman–Crippen LogP) is -2.36. The van der Waals surface area contributed by atoms with Crippen molar-refractivity contribution < 1.29 is 62.8 Å². The van der Waals surface area contributed by atoms with Gasteiger partial charge in [0.05, 0.1) is 49.4 Å². The Morgan fingerprint density at radius 2 is 1.59 bits per heavy atom. The summed E-state index contributed by atoms with van der Waals surface area (Å²) in [5, 5.41) is 40.5. The van der Waals surface area contributed by atoms with Crippen molar-refractivity contribution in [2.75, 3.05) is 39.1 Å². The van der Waals surface area contributed by atoms with E-state index in [0.29, 0.717) is 33.7 Å². The van der Waals surface area contributed by atoms with Crippen molar-refractivity contribution in [1.29, 1.82) is 0 Å². The van der Waals surface area contributed by atoms with Crippen LogP contribution in [0.1, 0.15) is 52.5 Å². The van der Waals surface area contributed by atoms with Gasteiger partial charge in [0.25, 0.3) is 0 Å². The molecule has 0 radical (unpaired) electrons. The molecule has 10 atom stereocenters. The van der Waals surface area contributed by atoms with E-state index in [-0.39, 0.29) is 25.2 Å². The Morgan fingerprint density at radius 1 is 0.894 bits per heavy atom. The van der Waals surface area contributed by atoms with Crippen LogP contribution in [-0.2, 0) is 54.3 Å². The molecular weight excluding hydrogens is 883 g/mol. The molecule has 1 aromatic carbocycles. The third-order valence-corrected chi connectivity index (χ3v) is 13.0. The number of hydrogen-bond donors (Lipinski definition) is 10. The number of benzene rings is 1. The van der Waals surface area contributed by atoms with Gasteiger partial charge in [-0.1, -0.05) is 39.8 Å². The van der Waals surface area contributed by atoms with E-state index in [2.05, 4.69) is 48.8 Å². The zero-order valence-electron chi connectivity index (χ0n) is 37.4. The van der Waals surface area contributed by atoms with Crippen LogP contribution in [0, 0.1) is 11.8 Å². The maximum Gasteiger partial charge on any atom is 0.308 e. The number of esters is 1. The number of aliphatic hydroxyl groups excluding tert-OH is 2. The largest absolute Gasteiger partial charge is 0.497 e. The number of ether oxygens (including phenoxy) is 2. The number of hydrogen-bond acceptors (Lipinski definition) is 14. The number of thioether (sulfide) groups is 1. The van der Waals surface area contributed by atoms with Crippen LogP contribution in [0.25, 0.3) is 10.9 Å². The fourth-order valence-corrected chi connectivity index (χ4v) is 8.86. The minimum atomic E-state index is -1.73. The highest BCUT2D eigenvalue weighted by Gasteiger charge is 2.45. The molecule has 1 aromatic heterocycles. The number of nitrogens with zero attached hydrogens (tertiary/aromatic N) is 1. The van der Waals surface area contributed by atoms with Crippen molar-refractivity contribution in [3.05, 3.63) is 36.4 Å². The predicted molar refractivity (Wildman–Crippen MR) is 237 cm³/mol. The number of rotatable bonds is 9. The smallest absolute Gasteiger partial charge is 0.308 e. The highest BCUT2D eigenvalue weighted by atomic mass is 32.2. The zero-order chi connectivity index (χ0) is 48.4. The molecule has 8 amide bonds. The molecule has 1 fully saturated rings. The summed E-state index contributed by atoms with van der Waals surface area (Å²) < 4.78 is 10.6. The number of aliphatic hydroxyl groups is 2. The van der Waals surface area contributed by atoms with Crippen LogP contribution in [0.2, 0.25) is 0 Å². The molecule has 10 N–H and O–H groups in total. The first kappa shape index (κ1) is 50.8. The topological polar surface area (TPSA) is 316 Å². The third kappa shape index (κ3) is 12.6. The summed E-state index contributed by atoms with van der Waals surface area (Å²) in [5.41, 5.74) is 0.953. The molecule has 3 aliphatic heterocycles. The number of aromatic nitrogens is 1. The molecule has 23 heteroatoms. The van der Waals surface area contributed by atoms with Crippen LogP contribution in [0.15, 0.2) is 35.9 Å². The Hall–Kier alpha value is -6.20. The SMILES string of the molecule is C=CCOC(=O)C[C@@H]1NC(=O)[C@H]2CSc3[nH]c4cc(OC)ccc4c3C[C@H](NC(=O)[C@@H]([C@@H](C)[C@H](C)O)NC(=O)C3C[C@@H](O)CN3C1=O)C(=O)NCC(=O)N[C@@H]([C@@H](C)CC)C(=O)NCC(=O)N2. The van der Waals surface area contributed by atoms with Crippen LogP contribution < -0.4 is 42.0 Å². The number of carbonyl (C=O) groups excluding carboxylic acids is 9. The minimum absolute atomic E-state index is 0.240. The highest BCUT2D eigenvalue weighted by molar-refractivity contribution is 7.99. The Morgan fingerprint density at radius 3 is 2.26 bits per heavy atom. The molecule has 1 unspecified atom stereocenters. The molecule has 22 nitrogen and oxygen atoms in total. The van der Waals surface area contributed by atoms with Gasteiger partial charge in [-0.15, -0.1) is 11.8 Å². The van der Waals surface area contributed by atoms with Gasteiger partial charge in [-0.25, -0.2) is 0 Å². The molecule has 66 heavy (non-hydrogen) atoms. The van der Waals surface area contributed by atoms with E-state index in [1.165, 1.54) is 27.0 Å². The lowest BCUT2D eigenvalue weighted by Gasteiger charge is -2.32. The van der Waals surface area contributed by atoms with Crippen LogP contribution in [0.4, 0.5) is 0 Å². The summed E-state index contributed by atoms with van der Waals surface area (Å²) in [7, 11) is 1.47. The van der Waals surface area contributed by atoms with Gasteiger partial charge in [-0.05, 0) is 30.5 Å². The van der Waals surface area contributed by atoms with Crippen molar-refractivity contribution in [3.8, 4) is 5.75 Å². The molecule has 2 bridgehead atoms. The number of methoxy groups -OCH3 is 1. The number of aromatic amines is 1. The number of H-pyrrole nitrogens is 1. The minimum Gasteiger partial charge on any atom is -0.497 e. The summed E-state index contributed by atoms with van der Waals surface area (Å²) in [6.45, 7) is 7.89. The van der Waals surface area contributed by atoms with E-state index in [4.69, 9.17) is 9.47 Å². The number of nitrogens with one attached hydrogen (secondary N) is 8. The van der Waals surface area contributed by atoms with Gasteiger partial charge in [0.2, 0.25) is 47.3 Å². The lowest BCUT2D eigenvalue weighted by molar-refractivity contribution is -0.149. The molecule has 0 aliphatic carbocycles. The van der Waals surface area contributed by atoms with Gasteiger partial charge < -0.3 is 66.8 Å². The van der Waals surface area contributed by atoms with Gasteiger partial charge in [-0.2, -0.15) is 0 Å². The quantitative estimate of drug-likeness (QED) is 0.0930. The van der Waals surface area contributed by atoms with Crippen molar-refractivity contribution in [1.82, 2.24) is 47.1 Å². The first-order valence-corrected chi connectivity index (χ1v) is 22.6. The van der Waals surface area contributed by atoms with Crippen LogP contribution >= 0.6 is 11.8 Å². The number of carbonyl (C=O) groups is 9. The Labute approximate surface area is 384 Å². The highest BCUT2D eigenvalue weighted by Crippen LogP contribution is 2.34. The molecule has 0 spiro atoms. The van der Waals surface area contributed by atoms with Gasteiger partial charge in [0.15, 0.2) is 0 Å². The lowest BCUT2D eigenvalue weighted by atomic mass is 9.94. The van der Waals surface area contributed by atoms with Gasteiger partial charge in [0.1, 0.15) is 48.6 Å². The Kier molecular flexibility index (Phi) is 17.6. The van der Waals surface area contributed by atoms with E-state index in [1.807, 2.05) is 0 Å². The summed E-state index contributed by atoms with van der Waals surface area (Å²) in [6, 6.07) is -3.85. The van der Waals surface area contributed by atoms with Crippen molar-refractivity contribution in [2.24, 2.45) is 11.8 Å². The molecule has 1 saturated heterocycles. The monoisotopic (exact) mass is 941 g/mol. The van der Waals surface area contributed by atoms with Crippen molar-refractivity contribution in [2.45, 2.75) is 107 Å². The van der Waals surface area contributed by atoms with E-state index in [9.17, 15) is 53.4 Å². The van der Waals surface area contributed by atoms with Gasteiger partial charge in [-0.3, -0.25) is 43.2 Å². The number of fused-ring (bicyclic) bond motifs is 5. The summed E-state index contributed by atoms with van der Waals surface area (Å²) in [6.07, 6.45) is -2.11. The second-order valence-corrected chi connectivity index (χ2v) is 17.7. The second kappa shape index (κ2) is 22.8. The molecule has 5 rings (SSSR count). The third-order valence-electron chi connectivity index (χ3n) is 11.9. The first-order chi connectivity index (χ1) is 31.3. The molecular formula is C43H59N9O13S. The van der Waals surface area contributed by atoms with Crippen molar-refractivity contribution in [3.63, 3.8) is 0 Å². The van der Waals surface area contributed by atoms with Gasteiger partial charge >= 0.3 is 5.97 Å². The molecule has 360 valence electrons. The summed E-state index contributed by atoms with van der Waals surface area (Å²) in [5.74, 6) is -9.22. The number of amides is 8. The van der Waals surface area contributed by atoms with Crippen LogP contribution in [0.3, 0.4) is 0 Å². The van der Waals surface area contributed by atoms with Gasteiger partial charge in [0, 0.05) is 42.5 Å². The molecule has 2 aromatic rings. The summed E-state index contributed by atoms with van der Waals surface area (Å²) >= 11 is 1.02. The normalized spacial score (nSPS) is 26.7. The standard InChI is InChI=1S/C43H59N9O13S/c1-7-11-65-34(57)15-29-43(63)52-18-23(54)12-31(52)39(60)51-36(21(4)22(5)53)41(62)47-28-14-26-25-10-9-24(64-6)13-27(25)49-42(26)66-19-30(38(59)48-29)46-32(55)16-45-40(61)35(20(3)8-2)50-33(56)17-44-37(28)58/h7,9-10,13,20-23,28-31,35-36,49,53-54H,1,8,11-12,14-19H2,2-6H3,(H,44,58)(H,45,61)(H,46,55)(H,47,62)(H,48,59)(H,50,56)(H,51,60)/t20-,21-,22-,23+,28-,29-,30+,31?,35-,36+/m0/s1. The van der Waals surface area contributed by atoms with E-state index in [0.717, 1.165) is 16.7 Å². The zero-order valence-corrected chi connectivity index (χ0v) is 38.2. The fourth-order valence-electron chi connectivity index (χ4n) is 7.75. The van der Waals surface area contributed by atoms with E-state index >= 15 is 0 Å². The van der Waals surface area contributed by atoms with E-state index < -0.39 is 140 Å². The summed E-state index contributed by atoms with van der Waals surface area (Å²) in [4.78, 5) is 130. The Bertz CT molecular complexity index is 2200. The second-order valence-electron chi connectivity index (χ2n) is 16.6. The fraction of sp³-hybridized carbons (Fsp3) is 0.558. The first-order valence-electron chi connectivity index (χ1n) is 21.6. The van der Waals surface area contributed by atoms with Crippen LogP contribution in [-0.4, -0.2) is 161 Å². The maximum absolute atomic E-state index is 14.5. The molecule has 4 heterocycles. The average Bonchev–Trinajstić information content (AvgIpc) is 3.85. The average molecular weight is 942 g/mol. The molecule has 0 saturated carbocycles. The van der Waals surface area contributed by atoms with Crippen molar-refractivity contribution >= 4 is 75.9 Å². The molecule has 3 aliphatic rings. The lowest BCUT2D eigenvalue weighted by Crippen LogP contribution is -2.61. The Balaban J connectivity index is 1.71. The van der Waals surface area contributed by atoms with Crippen LogP contribution in [0.5, 0.6) is 5.75 Å². The maximum atomic E-state index is 14.5.